The molecule has 0 atom stereocenters. The van der Waals surface area contributed by atoms with Crippen molar-refractivity contribution >= 4 is 0 Å². The Hall–Kier alpha value is -1.68. The van der Waals surface area contributed by atoms with E-state index in [2.05, 4.69) is 15.0 Å². The van der Waals surface area contributed by atoms with Crippen molar-refractivity contribution in [3.8, 4) is 11.3 Å². The first-order chi connectivity index (χ1) is 7.07. The number of aliphatic hydroxyl groups is 1. The van der Waals surface area contributed by atoms with E-state index in [1.165, 1.54) is 0 Å². The van der Waals surface area contributed by atoms with Gasteiger partial charge in [0.15, 0.2) is 0 Å². The van der Waals surface area contributed by atoms with Gasteiger partial charge in [-0.3, -0.25) is 4.98 Å². The molecule has 2 N–H and O–H groups in total. The predicted octanol–water partition coefficient (Wildman–Crippen LogP) is 1.70. The summed E-state index contributed by atoms with van der Waals surface area (Å²) in [6.45, 7) is 3.39. The molecule has 2 rings (SSSR count). The van der Waals surface area contributed by atoms with Crippen LogP contribution in [0.4, 0.5) is 0 Å². The first kappa shape index (κ1) is 9.86. The van der Waals surface area contributed by atoms with Crippen molar-refractivity contribution in [1.82, 2.24) is 15.0 Å². The van der Waals surface area contributed by atoms with Crippen LogP contribution in [0.3, 0.4) is 0 Å². The Bertz CT molecular complexity index is 442. The highest BCUT2D eigenvalue weighted by Crippen LogP contribution is 2.20. The van der Waals surface area contributed by atoms with Crippen molar-refractivity contribution in [1.29, 1.82) is 0 Å². The second kappa shape index (κ2) is 3.47. The van der Waals surface area contributed by atoms with Gasteiger partial charge >= 0.3 is 0 Å². The van der Waals surface area contributed by atoms with Gasteiger partial charge in [0.2, 0.25) is 0 Å². The fraction of sp³-hybridized carbons (Fsp3) is 0.273. The molecule has 0 unspecified atom stereocenters. The van der Waals surface area contributed by atoms with E-state index in [1.54, 1.807) is 32.4 Å². The quantitative estimate of drug-likeness (QED) is 0.780. The van der Waals surface area contributed by atoms with Crippen LogP contribution in [0.2, 0.25) is 0 Å². The molecule has 0 spiro atoms. The van der Waals surface area contributed by atoms with Crippen LogP contribution in [-0.4, -0.2) is 20.1 Å². The van der Waals surface area contributed by atoms with Gasteiger partial charge in [-0.25, -0.2) is 4.98 Å². The average Bonchev–Trinajstić information content (AvgIpc) is 2.67. The highest BCUT2D eigenvalue weighted by Gasteiger charge is 2.19. The number of imidazole rings is 1. The summed E-state index contributed by atoms with van der Waals surface area (Å²) in [6.07, 6.45) is 5.17. The first-order valence-electron chi connectivity index (χ1n) is 4.75. The number of hydrogen-bond acceptors (Lipinski definition) is 3. The van der Waals surface area contributed by atoms with E-state index in [0.717, 1.165) is 11.3 Å². The number of nitrogens with one attached hydrogen (secondary N) is 1. The lowest BCUT2D eigenvalue weighted by Crippen LogP contribution is -2.17. The SMILES string of the molecule is CC(C)(O)c1ncc(-c2cccnc2)[nH]1. The number of aromatic amines is 1. The highest BCUT2D eigenvalue weighted by atomic mass is 16.3. The fourth-order valence-corrected chi connectivity index (χ4v) is 1.30. The van der Waals surface area contributed by atoms with Crippen LogP contribution in [-0.2, 0) is 5.60 Å². The Morgan fingerprint density at radius 3 is 2.67 bits per heavy atom. The summed E-state index contributed by atoms with van der Waals surface area (Å²) in [5.74, 6) is 0.557. The summed E-state index contributed by atoms with van der Waals surface area (Å²) < 4.78 is 0. The minimum absolute atomic E-state index is 0.557. The third kappa shape index (κ3) is 2.05. The van der Waals surface area contributed by atoms with Gasteiger partial charge in [-0.1, -0.05) is 0 Å². The zero-order chi connectivity index (χ0) is 10.9. The van der Waals surface area contributed by atoms with E-state index in [9.17, 15) is 5.11 Å². The number of rotatable bonds is 2. The molecule has 4 heteroatoms. The van der Waals surface area contributed by atoms with Crippen molar-refractivity contribution in [3.63, 3.8) is 0 Å². The molecule has 2 heterocycles. The molecule has 0 amide bonds. The Morgan fingerprint density at radius 2 is 2.13 bits per heavy atom. The number of hydrogen-bond donors (Lipinski definition) is 2. The molecule has 0 aromatic carbocycles. The summed E-state index contributed by atoms with van der Waals surface area (Å²) in [6, 6.07) is 3.80. The lowest BCUT2D eigenvalue weighted by molar-refractivity contribution is 0.0697. The molecule has 0 fully saturated rings. The molecule has 0 saturated carbocycles. The molecule has 4 nitrogen and oxygen atoms in total. The van der Waals surface area contributed by atoms with Gasteiger partial charge in [0.25, 0.3) is 0 Å². The number of aromatic nitrogens is 3. The maximum atomic E-state index is 9.74. The third-order valence-corrected chi connectivity index (χ3v) is 2.13. The van der Waals surface area contributed by atoms with Gasteiger partial charge < -0.3 is 10.1 Å². The van der Waals surface area contributed by atoms with E-state index in [0.29, 0.717) is 5.82 Å². The summed E-state index contributed by atoms with van der Waals surface area (Å²) >= 11 is 0. The smallest absolute Gasteiger partial charge is 0.138 e. The monoisotopic (exact) mass is 203 g/mol. The van der Waals surface area contributed by atoms with Gasteiger partial charge in [0.05, 0.1) is 11.9 Å². The maximum Gasteiger partial charge on any atom is 0.138 e. The Labute approximate surface area is 88.0 Å². The number of pyridine rings is 1. The van der Waals surface area contributed by atoms with Crippen molar-refractivity contribution < 1.29 is 5.11 Å². The van der Waals surface area contributed by atoms with E-state index in [4.69, 9.17) is 0 Å². The van der Waals surface area contributed by atoms with Crippen LogP contribution in [0.5, 0.6) is 0 Å². The topological polar surface area (TPSA) is 61.8 Å². The van der Waals surface area contributed by atoms with Crippen molar-refractivity contribution in [3.05, 3.63) is 36.5 Å². The lowest BCUT2D eigenvalue weighted by atomic mass is 10.1. The predicted molar refractivity (Wildman–Crippen MR) is 57.1 cm³/mol. The van der Waals surface area contributed by atoms with Crippen LogP contribution in [0, 0.1) is 0 Å². The van der Waals surface area contributed by atoms with E-state index >= 15 is 0 Å². The molecule has 2 aromatic rings. The molecule has 0 aliphatic carbocycles. The molecule has 0 aliphatic rings. The molecule has 2 aromatic heterocycles. The summed E-state index contributed by atoms with van der Waals surface area (Å²) in [5.41, 5.74) is 0.876. The highest BCUT2D eigenvalue weighted by molar-refractivity contribution is 5.56. The molecular formula is C11H13N3O. The third-order valence-electron chi connectivity index (χ3n) is 2.13. The first-order valence-corrected chi connectivity index (χ1v) is 4.75. The second-order valence-corrected chi connectivity index (χ2v) is 3.95. The Kier molecular flexibility index (Phi) is 2.28. The maximum absolute atomic E-state index is 9.74. The molecule has 15 heavy (non-hydrogen) atoms. The minimum Gasteiger partial charge on any atom is -0.383 e. The number of nitrogens with zero attached hydrogens (tertiary/aromatic N) is 2. The van der Waals surface area contributed by atoms with Gasteiger partial charge in [-0.05, 0) is 26.0 Å². The fourth-order valence-electron chi connectivity index (χ4n) is 1.30. The molecule has 78 valence electrons. The minimum atomic E-state index is -0.944. The second-order valence-electron chi connectivity index (χ2n) is 3.95. The van der Waals surface area contributed by atoms with Gasteiger partial charge in [-0.2, -0.15) is 0 Å². The van der Waals surface area contributed by atoms with Crippen molar-refractivity contribution in [2.45, 2.75) is 19.4 Å². The van der Waals surface area contributed by atoms with Gasteiger partial charge in [0, 0.05) is 18.0 Å². The van der Waals surface area contributed by atoms with Crippen LogP contribution in [0.1, 0.15) is 19.7 Å². The normalized spacial score (nSPS) is 11.7. The molecule has 0 bridgehead atoms. The van der Waals surface area contributed by atoms with Crippen LogP contribution >= 0.6 is 0 Å². The summed E-state index contributed by atoms with van der Waals surface area (Å²) in [5, 5.41) is 9.74. The van der Waals surface area contributed by atoms with E-state index < -0.39 is 5.60 Å². The standard InChI is InChI=1S/C11H13N3O/c1-11(2,15)10-13-7-9(14-10)8-4-3-5-12-6-8/h3-7,15H,1-2H3,(H,13,14). The average molecular weight is 203 g/mol. The Balaban J connectivity index is 2.37. The summed E-state index contributed by atoms with van der Waals surface area (Å²) in [4.78, 5) is 11.2. The zero-order valence-electron chi connectivity index (χ0n) is 8.73. The van der Waals surface area contributed by atoms with Gasteiger partial charge in [0.1, 0.15) is 11.4 Å². The van der Waals surface area contributed by atoms with Crippen molar-refractivity contribution in [2.24, 2.45) is 0 Å². The largest absolute Gasteiger partial charge is 0.383 e. The molecular weight excluding hydrogens is 190 g/mol. The van der Waals surface area contributed by atoms with Crippen LogP contribution in [0.15, 0.2) is 30.7 Å². The van der Waals surface area contributed by atoms with Crippen molar-refractivity contribution in [2.75, 3.05) is 0 Å². The van der Waals surface area contributed by atoms with Crippen LogP contribution < -0.4 is 0 Å². The van der Waals surface area contributed by atoms with Gasteiger partial charge in [-0.15, -0.1) is 0 Å². The van der Waals surface area contributed by atoms with E-state index in [1.807, 2.05) is 12.1 Å². The Morgan fingerprint density at radius 1 is 1.33 bits per heavy atom. The molecule has 0 aliphatic heterocycles. The number of H-pyrrole nitrogens is 1. The van der Waals surface area contributed by atoms with Crippen LogP contribution in [0.25, 0.3) is 11.3 Å². The molecule has 0 radical (unpaired) electrons. The zero-order valence-corrected chi connectivity index (χ0v) is 8.73. The lowest BCUT2D eigenvalue weighted by Gasteiger charge is -2.12. The van der Waals surface area contributed by atoms with E-state index in [-0.39, 0.29) is 0 Å². The molecule has 0 saturated heterocycles. The summed E-state index contributed by atoms with van der Waals surface area (Å²) in [7, 11) is 0.